The van der Waals surface area contributed by atoms with E-state index in [0.29, 0.717) is 68.3 Å². The summed E-state index contributed by atoms with van der Waals surface area (Å²) >= 11 is 0. The van der Waals surface area contributed by atoms with Crippen molar-refractivity contribution >= 4 is 27.5 Å². The quantitative estimate of drug-likeness (QED) is 0.587. The topological polar surface area (TPSA) is 110 Å². The molecule has 2 aliphatic rings. The molecule has 178 valence electrons. The molecule has 0 radical (unpaired) electrons. The number of sulfonamides is 1. The molecule has 1 fully saturated rings. The number of ether oxygens (including phenoxy) is 2. The van der Waals surface area contributed by atoms with Gasteiger partial charge in [-0.15, -0.1) is 10.2 Å². The van der Waals surface area contributed by atoms with E-state index < -0.39 is 10.0 Å². The Hall–Kier alpha value is -3.44. The highest BCUT2D eigenvalue weighted by Crippen LogP contribution is 2.33. The zero-order chi connectivity index (χ0) is 23.5. The molecule has 2 aromatic heterocycles. The van der Waals surface area contributed by atoms with E-state index in [2.05, 4.69) is 20.5 Å². The summed E-state index contributed by atoms with van der Waals surface area (Å²) in [5.74, 6) is 3.05. The van der Waals surface area contributed by atoms with Crippen molar-refractivity contribution in [1.82, 2.24) is 19.5 Å². The minimum atomic E-state index is -3.64. The van der Waals surface area contributed by atoms with Gasteiger partial charge >= 0.3 is 0 Å². The summed E-state index contributed by atoms with van der Waals surface area (Å²) < 4.78 is 39.2. The van der Waals surface area contributed by atoms with Gasteiger partial charge in [0.15, 0.2) is 23.1 Å². The first kappa shape index (κ1) is 22.4. The van der Waals surface area contributed by atoms with Crippen molar-refractivity contribution in [3.05, 3.63) is 54.2 Å². The predicted molar refractivity (Wildman–Crippen MR) is 127 cm³/mol. The Labute approximate surface area is 198 Å². The third-order valence-electron chi connectivity index (χ3n) is 5.74. The van der Waals surface area contributed by atoms with Crippen LogP contribution < -0.4 is 19.7 Å². The van der Waals surface area contributed by atoms with Crippen LogP contribution in [0.25, 0.3) is 0 Å². The summed E-state index contributed by atoms with van der Waals surface area (Å²) in [5, 5.41) is 11.7. The minimum absolute atomic E-state index is 0.213. The molecule has 3 aromatic rings. The molecule has 0 aliphatic carbocycles. The predicted octanol–water partition coefficient (Wildman–Crippen LogP) is 2.60. The molecule has 4 heterocycles. The molecule has 10 nitrogen and oxygen atoms in total. The molecule has 1 aromatic carbocycles. The normalized spacial score (nSPS) is 16.7. The van der Waals surface area contributed by atoms with Crippen molar-refractivity contribution in [1.29, 1.82) is 0 Å². The second kappa shape index (κ2) is 9.43. The number of nitrogens with zero attached hydrogens (tertiary/aromatic N) is 5. The number of rotatable bonds is 5. The zero-order valence-corrected chi connectivity index (χ0v) is 19.7. The Morgan fingerprint density at radius 3 is 2.35 bits per heavy atom. The van der Waals surface area contributed by atoms with Gasteiger partial charge in [0.2, 0.25) is 10.0 Å². The molecule has 0 unspecified atom stereocenters. The lowest BCUT2D eigenvalue weighted by Crippen LogP contribution is -2.49. The van der Waals surface area contributed by atoms with Gasteiger partial charge in [0.1, 0.15) is 5.82 Å². The van der Waals surface area contributed by atoms with Crippen LogP contribution in [0.5, 0.6) is 11.5 Å². The van der Waals surface area contributed by atoms with Crippen molar-refractivity contribution in [3.8, 4) is 11.5 Å². The number of aryl methyl sites for hydroxylation is 1. The van der Waals surface area contributed by atoms with Gasteiger partial charge in [0.05, 0.1) is 18.1 Å². The van der Waals surface area contributed by atoms with E-state index in [1.54, 1.807) is 24.4 Å². The Morgan fingerprint density at radius 1 is 0.882 bits per heavy atom. The lowest BCUT2D eigenvalue weighted by atomic mass is 10.3. The van der Waals surface area contributed by atoms with Gasteiger partial charge in [-0.3, -0.25) is 0 Å². The number of aromatic nitrogens is 3. The van der Waals surface area contributed by atoms with Crippen LogP contribution in [0.3, 0.4) is 0 Å². The number of pyridine rings is 1. The fraction of sp³-hybridized carbons (Fsp3) is 0.348. The lowest BCUT2D eigenvalue weighted by Gasteiger charge is -2.34. The van der Waals surface area contributed by atoms with Crippen LogP contribution in [0.1, 0.15) is 12.0 Å². The molecule has 0 bridgehead atoms. The zero-order valence-electron chi connectivity index (χ0n) is 18.8. The van der Waals surface area contributed by atoms with Crippen LogP contribution in [-0.2, 0) is 10.0 Å². The number of piperazine rings is 1. The highest BCUT2D eigenvalue weighted by molar-refractivity contribution is 7.89. The molecule has 5 rings (SSSR count). The molecule has 1 N–H and O–H groups in total. The van der Waals surface area contributed by atoms with Crippen LogP contribution >= 0.6 is 0 Å². The molecule has 1 saturated heterocycles. The first-order valence-corrected chi connectivity index (χ1v) is 12.6. The maximum absolute atomic E-state index is 13.2. The van der Waals surface area contributed by atoms with Gasteiger partial charge in [0.25, 0.3) is 0 Å². The molecule has 0 amide bonds. The Morgan fingerprint density at radius 2 is 1.65 bits per heavy atom. The smallest absolute Gasteiger partial charge is 0.243 e. The Kier molecular flexibility index (Phi) is 6.20. The van der Waals surface area contributed by atoms with Crippen LogP contribution in [0, 0.1) is 6.92 Å². The first-order valence-electron chi connectivity index (χ1n) is 11.2. The Balaban J connectivity index is 1.22. The van der Waals surface area contributed by atoms with Gasteiger partial charge < -0.3 is 19.7 Å². The number of fused-ring (bicyclic) bond motifs is 1. The third-order valence-corrected chi connectivity index (χ3v) is 7.63. The van der Waals surface area contributed by atoms with E-state index in [4.69, 9.17) is 9.47 Å². The van der Waals surface area contributed by atoms with E-state index in [9.17, 15) is 8.42 Å². The molecular weight excluding hydrogens is 456 g/mol. The van der Waals surface area contributed by atoms with E-state index in [1.807, 2.05) is 36.1 Å². The highest BCUT2D eigenvalue weighted by atomic mass is 32.2. The summed E-state index contributed by atoms with van der Waals surface area (Å²) in [6.07, 6.45) is 2.55. The highest BCUT2D eigenvalue weighted by Gasteiger charge is 2.30. The summed E-state index contributed by atoms with van der Waals surface area (Å²) in [6.45, 7) is 4.79. The molecule has 0 spiro atoms. The standard InChI is InChI=1S/C23H26N6O4S/c1-17-3-6-21(24-16-17)25-22-7-8-23(27-26-22)28-9-11-29(12-10-28)34(30,31)18-4-5-19-20(15-18)33-14-2-13-32-19/h3-8,15-16H,2,9-14H2,1H3,(H,24,25,26). The summed E-state index contributed by atoms with van der Waals surface area (Å²) in [5.41, 5.74) is 1.08. The molecule has 0 saturated carbocycles. The van der Waals surface area contributed by atoms with E-state index in [0.717, 1.165) is 12.0 Å². The first-order chi connectivity index (χ1) is 16.5. The van der Waals surface area contributed by atoms with Crippen LogP contribution in [0.2, 0.25) is 0 Å². The second-order valence-electron chi connectivity index (χ2n) is 8.17. The molecular formula is C23H26N6O4S. The van der Waals surface area contributed by atoms with Crippen LogP contribution in [0.15, 0.2) is 53.6 Å². The van der Waals surface area contributed by atoms with Gasteiger partial charge in [-0.25, -0.2) is 13.4 Å². The van der Waals surface area contributed by atoms with Gasteiger partial charge in [-0.05, 0) is 42.8 Å². The average Bonchev–Trinajstić information content (AvgIpc) is 3.11. The third kappa shape index (κ3) is 4.75. The lowest BCUT2D eigenvalue weighted by molar-refractivity contribution is 0.296. The van der Waals surface area contributed by atoms with Crippen molar-refractivity contribution in [3.63, 3.8) is 0 Å². The van der Waals surface area contributed by atoms with E-state index in [-0.39, 0.29) is 4.90 Å². The number of hydrogen-bond donors (Lipinski definition) is 1. The van der Waals surface area contributed by atoms with Crippen molar-refractivity contribution in [2.75, 3.05) is 49.6 Å². The maximum atomic E-state index is 13.2. The summed E-state index contributed by atoms with van der Waals surface area (Å²) in [4.78, 5) is 6.55. The van der Waals surface area contributed by atoms with Crippen molar-refractivity contribution in [2.45, 2.75) is 18.2 Å². The molecule has 2 aliphatic heterocycles. The summed E-state index contributed by atoms with van der Waals surface area (Å²) in [7, 11) is -3.64. The fourth-order valence-corrected chi connectivity index (χ4v) is 5.28. The van der Waals surface area contributed by atoms with Gasteiger partial charge in [-0.2, -0.15) is 4.31 Å². The van der Waals surface area contributed by atoms with Gasteiger partial charge in [0, 0.05) is 44.9 Å². The number of benzene rings is 1. The van der Waals surface area contributed by atoms with Crippen molar-refractivity contribution < 1.29 is 17.9 Å². The monoisotopic (exact) mass is 482 g/mol. The average molecular weight is 483 g/mol. The van der Waals surface area contributed by atoms with Crippen LogP contribution in [0.4, 0.5) is 17.5 Å². The fourth-order valence-electron chi connectivity index (χ4n) is 3.84. The second-order valence-corrected chi connectivity index (χ2v) is 10.1. The number of hydrogen-bond acceptors (Lipinski definition) is 9. The van der Waals surface area contributed by atoms with E-state index in [1.165, 1.54) is 4.31 Å². The number of anilines is 3. The largest absolute Gasteiger partial charge is 0.490 e. The molecule has 34 heavy (non-hydrogen) atoms. The van der Waals surface area contributed by atoms with E-state index >= 15 is 0 Å². The van der Waals surface area contributed by atoms with Crippen molar-refractivity contribution in [2.24, 2.45) is 0 Å². The number of nitrogens with one attached hydrogen (secondary N) is 1. The summed E-state index contributed by atoms with van der Waals surface area (Å²) in [6, 6.07) is 12.4. The SMILES string of the molecule is Cc1ccc(Nc2ccc(N3CCN(S(=O)(=O)c4ccc5c(c4)OCCCO5)CC3)nn2)nc1. The van der Waals surface area contributed by atoms with Crippen LogP contribution in [-0.4, -0.2) is 67.3 Å². The molecule has 11 heteroatoms. The minimum Gasteiger partial charge on any atom is -0.490 e. The molecule has 0 atom stereocenters. The Bertz CT molecular complexity index is 1240. The maximum Gasteiger partial charge on any atom is 0.243 e. The van der Waals surface area contributed by atoms with Gasteiger partial charge in [-0.1, -0.05) is 6.07 Å².